The summed E-state index contributed by atoms with van der Waals surface area (Å²) in [5.74, 6) is -0.711. The maximum Gasteiger partial charge on any atom is 0.526 e. The van der Waals surface area contributed by atoms with Crippen molar-refractivity contribution in [2.24, 2.45) is 0 Å². The highest BCUT2D eigenvalue weighted by molar-refractivity contribution is 6.48. The molecule has 1 aromatic rings. The van der Waals surface area contributed by atoms with Gasteiger partial charge in [-0.3, -0.25) is 4.79 Å². The number of hydrogen-bond acceptors (Lipinski definition) is 7. The highest BCUT2D eigenvalue weighted by atomic mass is 16.5. The molecule has 148 valence electrons. The SMILES string of the molecule is [2H]O[C@@H]1CN[C@H](C(=O)N2CC(Oc3ccc4c(c3C(=O)O)OB(O)[C@@H]3C[C@H]43)C2)C1. The number of fused-ring (bicyclic) bond motifs is 3. The number of carboxylic acid groups (broad SMARTS) is 1. The number of carbonyl (C=O) groups is 2. The highest BCUT2D eigenvalue weighted by Gasteiger charge is 2.54. The Bertz CT molecular complexity index is 865. The van der Waals surface area contributed by atoms with Crippen molar-refractivity contribution in [2.75, 3.05) is 19.6 Å². The second-order valence-corrected chi connectivity index (χ2v) is 7.98. The number of aromatic carboxylic acids is 1. The molecule has 2 saturated heterocycles. The van der Waals surface area contributed by atoms with Gasteiger partial charge < -0.3 is 34.8 Å². The van der Waals surface area contributed by atoms with Crippen LogP contribution in [0.4, 0.5) is 0 Å². The summed E-state index contributed by atoms with van der Waals surface area (Å²) in [6.07, 6.45) is 0.642. The molecule has 1 aliphatic carbocycles. The van der Waals surface area contributed by atoms with Gasteiger partial charge in [-0.1, -0.05) is 6.07 Å². The molecular weight excluding hydrogens is 367 g/mol. The van der Waals surface area contributed by atoms with Gasteiger partial charge in [-0.15, -0.1) is 0 Å². The number of hydrogen-bond donors (Lipinski definition) is 4. The molecule has 0 unspecified atom stereocenters. The number of benzene rings is 1. The lowest BCUT2D eigenvalue weighted by molar-refractivity contribution is -0.142. The molecule has 4 atom stereocenters. The number of nitrogens with zero attached hydrogens (tertiary/aromatic N) is 1. The van der Waals surface area contributed by atoms with Gasteiger partial charge in [0.25, 0.3) is 0 Å². The monoisotopic (exact) mass is 389 g/mol. The topological polar surface area (TPSA) is 129 Å². The normalized spacial score (nSPS) is 31.2. The van der Waals surface area contributed by atoms with Gasteiger partial charge in [-0.25, -0.2) is 4.79 Å². The molecule has 0 radical (unpaired) electrons. The van der Waals surface area contributed by atoms with E-state index in [0.717, 1.165) is 12.0 Å². The van der Waals surface area contributed by atoms with Crippen LogP contribution in [0, 0.1) is 0 Å². The molecular formula is C18H21BN2O7. The number of carbonyl (C=O) groups excluding carboxylic acids is 1. The molecule has 3 heterocycles. The third-order valence-electron chi connectivity index (χ3n) is 6.05. The minimum Gasteiger partial charge on any atom is -0.535 e. The molecule has 1 aromatic carbocycles. The number of nitrogens with one attached hydrogen (secondary N) is 1. The third kappa shape index (κ3) is 2.83. The van der Waals surface area contributed by atoms with E-state index >= 15 is 0 Å². The number of carboxylic acids is 1. The lowest BCUT2D eigenvalue weighted by Crippen LogP contribution is -2.59. The lowest BCUT2D eigenvalue weighted by Gasteiger charge is -2.40. The zero-order chi connectivity index (χ0) is 20.3. The smallest absolute Gasteiger partial charge is 0.526 e. The van der Waals surface area contributed by atoms with Crippen LogP contribution in [0.25, 0.3) is 0 Å². The number of aliphatic hydroxyl groups excluding tert-OH is 1. The Labute approximate surface area is 162 Å². The predicted molar refractivity (Wildman–Crippen MR) is 96.5 cm³/mol. The minimum absolute atomic E-state index is 0.0337. The van der Waals surface area contributed by atoms with Crippen molar-refractivity contribution >= 4 is 19.0 Å². The zero-order valence-electron chi connectivity index (χ0n) is 16.0. The van der Waals surface area contributed by atoms with Crippen molar-refractivity contribution in [3.8, 4) is 11.5 Å². The molecule has 1 amide bonds. The van der Waals surface area contributed by atoms with Gasteiger partial charge in [0.2, 0.25) is 7.34 Å². The van der Waals surface area contributed by atoms with Crippen LogP contribution in [0.1, 0.15) is 34.7 Å². The molecule has 0 bridgehead atoms. The van der Waals surface area contributed by atoms with Gasteiger partial charge in [-0.2, -0.15) is 0 Å². The fourth-order valence-electron chi connectivity index (χ4n) is 4.38. The van der Waals surface area contributed by atoms with E-state index in [1.807, 2.05) is 0 Å². The first-order valence-corrected chi connectivity index (χ1v) is 9.52. The Morgan fingerprint density at radius 2 is 2.18 bits per heavy atom. The van der Waals surface area contributed by atoms with Crippen molar-refractivity contribution in [2.45, 2.75) is 42.8 Å². The molecule has 3 aliphatic heterocycles. The number of β-amino-alcohol motifs (C(OH)–C–C–N with tert-alkyl or cyclic N) is 1. The van der Waals surface area contributed by atoms with Gasteiger partial charge in [-0.05, 0) is 30.4 Å². The fourth-order valence-corrected chi connectivity index (χ4v) is 4.38. The van der Waals surface area contributed by atoms with Crippen LogP contribution in [0.2, 0.25) is 5.82 Å². The lowest BCUT2D eigenvalue weighted by atomic mass is 9.77. The Hall–Kier alpha value is -2.30. The van der Waals surface area contributed by atoms with Gasteiger partial charge in [0.15, 0.2) is 0 Å². The van der Waals surface area contributed by atoms with Crippen LogP contribution in [0.3, 0.4) is 0 Å². The van der Waals surface area contributed by atoms with Crippen LogP contribution >= 0.6 is 0 Å². The molecule has 4 N–H and O–H groups in total. The summed E-state index contributed by atoms with van der Waals surface area (Å²) in [6.45, 7) is 1.18. The van der Waals surface area contributed by atoms with Gasteiger partial charge in [0.05, 0.1) is 25.2 Å². The number of rotatable bonds is 5. The first kappa shape index (κ1) is 16.6. The van der Waals surface area contributed by atoms with E-state index in [0.29, 0.717) is 26.1 Å². The molecule has 4 aliphatic rings. The summed E-state index contributed by atoms with van der Waals surface area (Å²) in [7, 11) is -0.992. The van der Waals surface area contributed by atoms with Crippen molar-refractivity contribution in [3.05, 3.63) is 23.3 Å². The van der Waals surface area contributed by atoms with E-state index in [4.69, 9.17) is 10.8 Å². The maximum absolute atomic E-state index is 12.5. The van der Waals surface area contributed by atoms with Crippen LogP contribution in [0.5, 0.6) is 11.5 Å². The van der Waals surface area contributed by atoms with E-state index in [2.05, 4.69) is 10.4 Å². The maximum atomic E-state index is 12.5. The van der Waals surface area contributed by atoms with E-state index in [9.17, 15) is 19.7 Å². The summed E-state index contributed by atoms with van der Waals surface area (Å²) < 4.78 is 18.3. The van der Waals surface area contributed by atoms with Crippen molar-refractivity contribution in [1.82, 2.24) is 10.2 Å². The average molecular weight is 389 g/mol. The Morgan fingerprint density at radius 3 is 2.89 bits per heavy atom. The van der Waals surface area contributed by atoms with Gasteiger partial charge >= 0.3 is 13.1 Å². The summed E-state index contributed by atoms with van der Waals surface area (Å²) >= 11 is 0. The van der Waals surface area contributed by atoms with E-state index in [1.54, 1.807) is 17.0 Å². The largest absolute Gasteiger partial charge is 0.535 e. The van der Waals surface area contributed by atoms with Crippen molar-refractivity contribution in [1.29, 1.82) is 1.43 Å². The molecule has 5 rings (SSSR count). The molecule has 1 saturated carbocycles. The number of amides is 1. The predicted octanol–water partition coefficient (Wildman–Crippen LogP) is -0.572. The van der Waals surface area contributed by atoms with Crippen LogP contribution in [-0.2, 0) is 4.79 Å². The Kier molecular flexibility index (Phi) is 3.78. The van der Waals surface area contributed by atoms with Crippen LogP contribution in [-0.4, -0.2) is 78.4 Å². The molecule has 0 spiro atoms. The Balaban J connectivity index is 1.26. The van der Waals surface area contributed by atoms with Crippen molar-refractivity contribution < 1.29 is 34.2 Å². The summed E-state index contributed by atoms with van der Waals surface area (Å²) in [4.78, 5) is 26.0. The van der Waals surface area contributed by atoms with Gasteiger partial charge in [0.1, 0.15) is 23.2 Å². The molecule has 3 fully saturated rings. The second-order valence-electron chi connectivity index (χ2n) is 7.98. The van der Waals surface area contributed by atoms with Gasteiger partial charge in [0, 0.05) is 12.4 Å². The second kappa shape index (κ2) is 6.36. The fraction of sp³-hybridized carbons (Fsp3) is 0.556. The highest BCUT2D eigenvalue weighted by Crippen LogP contribution is 2.60. The summed E-state index contributed by atoms with van der Waals surface area (Å²) in [5.41, 5.74) is 0.721. The van der Waals surface area contributed by atoms with Crippen LogP contribution in [0.15, 0.2) is 12.1 Å². The summed E-state index contributed by atoms with van der Waals surface area (Å²) in [6, 6.07) is 3.07. The third-order valence-corrected chi connectivity index (χ3v) is 6.05. The number of aliphatic hydroxyl groups is 1. The number of ether oxygens (including phenoxy) is 1. The number of likely N-dealkylation sites (tertiary alicyclic amines) is 1. The first-order valence-electron chi connectivity index (χ1n) is 9.92. The summed E-state index contributed by atoms with van der Waals surface area (Å²) in [5, 5.41) is 27.3. The minimum atomic E-state index is -1.17. The average Bonchev–Trinajstić information content (AvgIpc) is 3.33. The van der Waals surface area contributed by atoms with E-state index in [1.165, 1.54) is 0 Å². The molecule has 0 aromatic heterocycles. The Morgan fingerprint density at radius 1 is 1.36 bits per heavy atom. The zero-order valence-corrected chi connectivity index (χ0v) is 15.0. The van der Waals surface area contributed by atoms with E-state index < -0.39 is 13.1 Å². The first-order chi connectivity index (χ1) is 14.0. The molecule has 10 heteroatoms. The van der Waals surface area contributed by atoms with E-state index in [-0.39, 0.29) is 53.0 Å². The molecule has 9 nitrogen and oxygen atoms in total. The van der Waals surface area contributed by atoms with Crippen molar-refractivity contribution in [3.63, 3.8) is 0 Å². The van der Waals surface area contributed by atoms with Crippen LogP contribution < -0.4 is 14.7 Å². The quantitative estimate of drug-likeness (QED) is 0.493. The molecule has 28 heavy (non-hydrogen) atoms. The standard InChI is InChI=1S/C18H21BN2O7/c22-8-3-13(20-5-8)17(23)21-6-9(7-21)27-14-2-1-10-11-4-12(11)19(26)28-16(10)15(14)18(24)25/h1-2,8-9,11-13,20,22,26H,3-7H2,(H,24,25)/t8-,11+,12+,13-/m0/s1/i22D.